The van der Waals surface area contributed by atoms with Crippen LogP contribution in [0.5, 0.6) is 0 Å². The molecular weight excluding hydrogens is 292 g/mol. The fourth-order valence-electron chi connectivity index (χ4n) is 2.05. The van der Waals surface area contributed by atoms with Gasteiger partial charge in [0, 0.05) is 18.0 Å². The van der Waals surface area contributed by atoms with E-state index in [-0.39, 0.29) is 24.6 Å². The largest absolute Gasteiger partial charge is 0.395 e. The molecule has 1 aromatic heterocycles. The summed E-state index contributed by atoms with van der Waals surface area (Å²) >= 11 is 0. The number of aliphatic hydroxyl groups excluding tert-OH is 1. The molecule has 0 bridgehead atoms. The lowest BCUT2D eigenvalue weighted by atomic mass is 9.92. The number of amides is 2. The van der Waals surface area contributed by atoms with E-state index in [4.69, 9.17) is 5.11 Å². The Morgan fingerprint density at radius 2 is 1.91 bits per heavy atom. The van der Waals surface area contributed by atoms with Crippen molar-refractivity contribution in [1.29, 1.82) is 0 Å². The second-order valence-corrected chi connectivity index (χ2v) is 6.52. The summed E-state index contributed by atoms with van der Waals surface area (Å²) in [5.74, 6) is 0.592. The van der Waals surface area contributed by atoms with Gasteiger partial charge in [-0.1, -0.05) is 38.5 Å². The summed E-state index contributed by atoms with van der Waals surface area (Å²) in [6.45, 7) is 8.35. The van der Waals surface area contributed by atoms with Gasteiger partial charge < -0.3 is 10.4 Å². The Labute approximate surface area is 136 Å². The second-order valence-electron chi connectivity index (χ2n) is 6.52. The number of aromatic nitrogens is 2. The maximum atomic E-state index is 11.9. The van der Waals surface area contributed by atoms with Gasteiger partial charge in [0.1, 0.15) is 5.82 Å². The van der Waals surface area contributed by atoms with Crippen LogP contribution >= 0.6 is 0 Å². The van der Waals surface area contributed by atoms with Crippen molar-refractivity contribution >= 4 is 11.8 Å². The van der Waals surface area contributed by atoms with Crippen molar-refractivity contribution < 1.29 is 9.90 Å². The van der Waals surface area contributed by atoms with Gasteiger partial charge >= 0.3 is 6.03 Å². The number of carbonyl (C=O) groups is 1. The first kappa shape index (κ1) is 17.0. The summed E-state index contributed by atoms with van der Waals surface area (Å²) in [4.78, 5) is 11.9. The highest BCUT2D eigenvalue weighted by Gasteiger charge is 2.21. The molecule has 0 spiro atoms. The Bertz CT molecular complexity index is 669. The molecule has 3 N–H and O–H groups in total. The van der Waals surface area contributed by atoms with Gasteiger partial charge in [0.05, 0.1) is 18.0 Å². The van der Waals surface area contributed by atoms with Gasteiger partial charge in [0.15, 0.2) is 0 Å². The van der Waals surface area contributed by atoms with Crippen molar-refractivity contribution in [3.8, 4) is 5.69 Å². The summed E-state index contributed by atoms with van der Waals surface area (Å²) in [5.41, 5.74) is 2.79. The molecule has 23 heavy (non-hydrogen) atoms. The number of rotatable bonds is 4. The molecule has 0 aliphatic heterocycles. The zero-order valence-corrected chi connectivity index (χ0v) is 14.1. The summed E-state index contributed by atoms with van der Waals surface area (Å²) in [6, 6.07) is 9.44. The first-order valence-corrected chi connectivity index (χ1v) is 7.64. The number of benzene rings is 1. The van der Waals surface area contributed by atoms with E-state index in [2.05, 4.69) is 36.5 Å². The fourth-order valence-corrected chi connectivity index (χ4v) is 2.05. The molecule has 0 saturated heterocycles. The molecule has 2 amide bonds. The number of nitrogens with zero attached hydrogens (tertiary/aromatic N) is 2. The van der Waals surface area contributed by atoms with Gasteiger partial charge in [-0.2, -0.15) is 5.10 Å². The van der Waals surface area contributed by atoms with Crippen molar-refractivity contribution in [1.82, 2.24) is 15.1 Å². The number of carbonyl (C=O) groups excluding carboxylic acids is 1. The fraction of sp³-hybridized carbons (Fsp3) is 0.412. The molecule has 0 aliphatic carbocycles. The van der Waals surface area contributed by atoms with Crippen molar-refractivity contribution in [3.63, 3.8) is 0 Å². The van der Waals surface area contributed by atoms with E-state index in [1.807, 2.05) is 37.3 Å². The molecule has 0 unspecified atom stereocenters. The third kappa shape index (κ3) is 4.32. The van der Waals surface area contributed by atoms with Crippen LogP contribution in [-0.4, -0.2) is 34.1 Å². The van der Waals surface area contributed by atoms with E-state index in [1.165, 1.54) is 0 Å². The topological polar surface area (TPSA) is 79.2 Å². The molecule has 6 nitrogen and oxygen atoms in total. The second kappa shape index (κ2) is 6.83. The monoisotopic (exact) mass is 316 g/mol. The van der Waals surface area contributed by atoms with Crippen LogP contribution in [0.25, 0.3) is 5.69 Å². The minimum absolute atomic E-state index is 0.0993. The van der Waals surface area contributed by atoms with Crippen molar-refractivity contribution in [2.24, 2.45) is 0 Å². The maximum Gasteiger partial charge on any atom is 0.320 e. The molecule has 2 aromatic rings. The standard InChI is InChI=1S/C17H24N4O2/c1-12-5-7-13(8-6-12)21-15(19-16(23)18-9-10-22)11-14(20-21)17(2,3)4/h5-8,11,22H,9-10H2,1-4H3,(H2,18,19,23). The molecule has 124 valence electrons. The molecule has 0 saturated carbocycles. The smallest absolute Gasteiger partial charge is 0.320 e. The van der Waals surface area contributed by atoms with Crippen LogP contribution in [0.2, 0.25) is 0 Å². The highest BCUT2D eigenvalue weighted by molar-refractivity contribution is 5.88. The lowest BCUT2D eigenvalue weighted by Crippen LogP contribution is -2.31. The van der Waals surface area contributed by atoms with E-state index in [0.29, 0.717) is 5.82 Å². The maximum absolute atomic E-state index is 11.9. The van der Waals surface area contributed by atoms with Crippen LogP contribution in [0, 0.1) is 6.92 Å². The van der Waals surface area contributed by atoms with Crippen molar-refractivity contribution in [2.75, 3.05) is 18.5 Å². The van der Waals surface area contributed by atoms with Crippen LogP contribution in [0.15, 0.2) is 30.3 Å². The van der Waals surface area contributed by atoms with Crippen LogP contribution in [0.1, 0.15) is 32.0 Å². The van der Waals surface area contributed by atoms with E-state index in [0.717, 1.165) is 16.9 Å². The van der Waals surface area contributed by atoms with Gasteiger partial charge in [-0.15, -0.1) is 0 Å². The number of hydrogen-bond acceptors (Lipinski definition) is 3. The molecule has 0 atom stereocenters. The molecule has 0 fully saturated rings. The lowest BCUT2D eigenvalue weighted by molar-refractivity contribution is 0.244. The van der Waals surface area contributed by atoms with Gasteiger partial charge in [-0.05, 0) is 19.1 Å². The van der Waals surface area contributed by atoms with Crippen molar-refractivity contribution in [2.45, 2.75) is 33.1 Å². The number of nitrogens with one attached hydrogen (secondary N) is 2. The Morgan fingerprint density at radius 3 is 2.48 bits per heavy atom. The third-order valence-corrected chi connectivity index (χ3v) is 3.40. The average molecular weight is 316 g/mol. The molecule has 1 aromatic carbocycles. The number of anilines is 1. The van der Waals surface area contributed by atoms with Gasteiger partial charge in [0.25, 0.3) is 0 Å². The highest BCUT2D eigenvalue weighted by Crippen LogP contribution is 2.26. The zero-order chi connectivity index (χ0) is 17.0. The third-order valence-electron chi connectivity index (χ3n) is 3.40. The average Bonchev–Trinajstić information content (AvgIpc) is 2.90. The predicted molar refractivity (Wildman–Crippen MR) is 91.1 cm³/mol. The minimum atomic E-state index is -0.368. The lowest BCUT2D eigenvalue weighted by Gasteiger charge is -2.14. The molecule has 0 radical (unpaired) electrons. The Morgan fingerprint density at radius 1 is 1.26 bits per heavy atom. The number of aryl methyl sites for hydroxylation is 1. The molecule has 2 rings (SSSR count). The highest BCUT2D eigenvalue weighted by atomic mass is 16.3. The van der Waals surface area contributed by atoms with Gasteiger partial charge in [0.2, 0.25) is 0 Å². The SMILES string of the molecule is Cc1ccc(-n2nc(C(C)(C)C)cc2NC(=O)NCCO)cc1. The Hall–Kier alpha value is -2.34. The summed E-state index contributed by atoms with van der Waals surface area (Å²) < 4.78 is 1.72. The normalized spacial score (nSPS) is 11.3. The Balaban J connectivity index is 2.36. The van der Waals surface area contributed by atoms with E-state index in [1.54, 1.807) is 4.68 Å². The zero-order valence-electron chi connectivity index (χ0n) is 14.1. The van der Waals surface area contributed by atoms with E-state index >= 15 is 0 Å². The predicted octanol–water partition coefficient (Wildman–Crippen LogP) is 2.59. The first-order chi connectivity index (χ1) is 10.8. The first-order valence-electron chi connectivity index (χ1n) is 7.64. The van der Waals surface area contributed by atoms with Crippen LogP contribution in [0.4, 0.5) is 10.6 Å². The summed E-state index contributed by atoms with van der Waals surface area (Å²) in [6.07, 6.45) is 0. The van der Waals surface area contributed by atoms with Crippen LogP contribution in [0.3, 0.4) is 0 Å². The molecule has 1 heterocycles. The van der Waals surface area contributed by atoms with Gasteiger partial charge in [-0.3, -0.25) is 5.32 Å². The molecule has 0 aliphatic rings. The number of urea groups is 1. The van der Waals surface area contributed by atoms with E-state index < -0.39 is 0 Å². The van der Waals surface area contributed by atoms with E-state index in [9.17, 15) is 4.79 Å². The molecular formula is C17H24N4O2. The summed E-state index contributed by atoms with van der Waals surface area (Å²) in [7, 11) is 0. The summed E-state index contributed by atoms with van der Waals surface area (Å²) in [5, 5.41) is 18.8. The van der Waals surface area contributed by atoms with Gasteiger partial charge in [-0.25, -0.2) is 9.48 Å². The molecule has 6 heteroatoms. The van der Waals surface area contributed by atoms with Crippen LogP contribution < -0.4 is 10.6 Å². The van der Waals surface area contributed by atoms with Crippen molar-refractivity contribution in [3.05, 3.63) is 41.6 Å². The quantitative estimate of drug-likeness (QED) is 0.811. The number of hydrogen-bond donors (Lipinski definition) is 3. The Kier molecular flexibility index (Phi) is 5.05. The number of aliphatic hydroxyl groups is 1. The van der Waals surface area contributed by atoms with Crippen LogP contribution in [-0.2, 0) is 5.41 Å². The minimum Gasteiger partial charge on any atom is -0.395 e.